The first kappa shape index (κ1) is 21.8. The highest BCUT2D eigenvalue weighted by Crippen LogP contribution is 2.24. The van der Waals surface area contributed by atoms with Crippen molar-refractivity contribution in [1.82, 2.24) is 15.2 Å². The van der Waals surface area contributed by atoms with Crippen molar-refractivity contribution in [2.24, 2.45) is 0 Å². The average Bonchev–Trinajstić information content (AvgIpc) is 3.13. The largest absolute Gasteiger partial charge is 0.351 e. The Morgan fingerprint density at radius 3 is 2.68 bits per heavy atom. The molecule has 8 nitrogen and oxygen atoms in total. The first-order valence-corrected chi connectivity index (χ1v) is 10.1. The lowest BCUT2D eigenvalue weighted by Crippen LogP contribution is -2.31. The number of non-ortho nitro benzene ring substituents is 1. The molecule has 0 spiro atoms. The lowest BCUT2D eigenvalue weighted by atomic mass is 10.1. The van der Waals surface area contributed by atoms with Crippen LogP contribution >= 0.6 is 22.9 Å². The number of hydrogen-bond acceptors (Lipinski definition) is 6. The lowest BCUT2D eigenvalue weighted by Gasteiger charge is -2.21. The van der Waals surface area contributed by atoms with E-state index < -0.39 is 4.92 Å². The monoisotopic (exact) mass is 424 g/mol. The summed E-state index contributed by atoms with van der Waals surface area (Å²) in [5, 5.41) is 15.9. The van der Waals surface area contributed by atoms with Crippen LogP contribution in [-0.4, -0.2) is 39.7 Å². The molecule has 28 heavy (non-hydrogen) atoms. The van der Waals surface area contributed by atoms with Gasteiger partial charge in [0.05, 0.1) is 22.1 Å². The summed E-state index contributed by atoms with van der Waals surface area (Å²) >= 11 is 7.39. The standard InChI is InChI=1S/C18H21ClN4O4S/c1-3-7-20-17(24)15-11-28-16(21-15)10-22(8-4-2)18(25)13-6-5-12(23(26)27)9-14(13)19/h5-6,9,11H,3-4,7-8,10H2,1-2H3,(H,20,24). The molecule has 0 saturated carbocycles. The number of aromatic nitrogens is 1. The van der Waals surface area contributed by atoms with Gasteiger partial charge in [-0.2, -0.15) is 0 Å². The van der Waals surface area contributed by atoms with Gasteiger partial charge >= 0.3 is 0 Å². The van der Waals surface area contributed by atoms with Crippen molar-refractivity contribution in [2.75, 3.05) is 13.1 Å². The van der Waals surface area contributed by atoms with Crippen molar-refractivity contribution in [1.29, 1.82) is 0 Å². The van der Waals surface area contributed by atoms with Gasteiger partial charge in [-0.3, -0.25) is 19.7 Å². The second-order valence-corrected chi connectivity index (χ2v) is 7.38. The number of hydrogen-bond donors (Lipinski definition) is 1. The summed E-state index contributed by atoms with van der Waals surface area (Å²) in [6.45, 7) is 5.16. The third kappa shape index (κ3) is 5.49. The van der Waals surface area contributed by atoms with Crippen molar-refractivity contribution < 1.29 is 14.5 Å². The maximum atomic E-state index is 12.9. The second kappa shape index (κ2) is 10.1. The SMILES string of the molecule is CCCNC(=O)c1csc(CN(CCC)C(=O)c2ccc([N+](=O)[O-])cc2Cl)n1. The molecular formula is C18H21ClN4O4S. The Hall–Kier alpha value is -2.52. The number of benzene rings is 1. The van der Waals surface area contributed by atoms with E-state index in [1.165, 1.54) is 29.5 Å². The number of halogens is 1. The molecule has 0 bridgehead atoms. The highest BCUT2D eigenvalue weighted by molar-refractivity contribution is 7.09. The Morgan fingerprint density at radius 1 is 1.32 bits per heavy atom. The molecule has 2 aromatic rings. The van der Waals surface area contributed by atoms with E-state index >= 15 is 0 Å². The number of nitro groups is 1. The summed E-state index contributed by atoms with van der Waals surface area (Å²) in [5.41, 5.74) is 0.343. The quantitative estimate of drug-likeness (QED) is 0.485. The number of carbonyl (C=O) groups excluding carboxylic acids is 2. The Balaban J connectivity index is 2.17. The summed E-state index contributed by atoms with van der Waals surface area (Å²) < 4.78 is 0. The number of carbonyl (C=O) groups is 2. The van der Waals surface area contributed by atoms with Gasteiger partial charge in [0.1, 0.15) is 10.7 Å². The highest BCUT2D eigenvalue weighted by Gasteiger charge is 2.22. The Kier molecular flexibility index (Phi) is 7.89. The fraction of sp³-hybridized carbons (Fsp3) is 0.389. The Labute approximate surface area is 171 Å². The molecule has 0 atom stereocenters. The summed E-state index contributed by atoms with van der Waals surface area (Å²) in [5.74, 6) is -0.579. The molecule has 2 rings (SSSR count). The third-order valence-corrected chi connectivity index (χ3v) is 4.97. The molecule has 0 aliphatic rings. The number of amides is 2. The molecule has 150 valence electrons. The lowest BCUT2D eigenvalue weighted by molar-refractivity contribution is -0.384. The van der Waals surface area contributed by atoms with Gasteiger partial charge in [0, 0.05) is 30.6 Å². The Bertz CT molecular complexity index is 871. The van der Waals surface area contributed by atoms with Gasteiger partial charge in [-0.1, -0.05) is 25.4 Å². The predicted octanol–water partition coefficient (Wildman–Crippen LogP) is 3.90. The van der Waals surface area contributed by atoms with Gasteiger partial charge in [-0.15, -0.1) is 11.3 Å². The van der Waals surface area contributed by atoms with Crippen molar-refractivity contribution in [2.45, 2.75) is 33.2 Å². The fourth-order valence-electron chi connectivity index (χ4n) is 2.46. The summed E-state index contributed by atoms with van der Waals surface area (Å²) in [6, 6.07) is 3.78. The van der Waals surface area contributed by atoms with Crippen LogP contribution in [0.5, 0.6) is 0 Å². The molecule has 0 unspecified atom stereocenters. The number of thiazole rings is 1. The molecule has 0 aliphatic carbocycles. The number of rotatable bonds is 9. The van der Waals surface area contributed by atoms with Crippen LogP contribution in [0.4, 0.5) is 5.69 Å². The minimum atomic E-state index is -0.565. The van der Waals surface area contributed by atoms with E-state index in [9.17, 15) is 19.7 Å². The molecule has 0 fully saturated rings. The fourth-order valence-corrected chi connectivity index (χ4v) is 3.51. The van der Waals surface area contributed by atoms with Gasteiger partial charge < -0.3 is 10.2 Å². The molecule has 0 radical (unpaired) electrons. The molecule has 1 heterocycles. The van der Waals surface area contributed by atoms with Gasteiger partial charge in [-0.05, 0) is 18.9 Å². The van der Waals surface area contributed by atoms with Gasteiger partial charge in [0.25, 0.3) is 17.5 Å². The molecular weight excluding hydrogens is 404 g/mol. The minimum Gasteiger partial charge on any atom is -0.351 e. The predicted molar refractivity (Wildman–Crippen MR) is 108 cm³/mol. The van der Waals surface area contributed by atoms with Gasteiger partial charge in [-0.25, -0.2) is 4.98 Å². The Morgan fingerprint density at radius 2 is 2.07 bits per heavy atom. The zero-order valence-corrected chi connectivity index (χ0v) is 17.2. The summed E-state index contributed by atoms with van der Waals surface area (Å²) in [7, 11) is 0. The van der Waals surface area contributed by atoms with E-state index in [-0.39, 0.29) is 34.6 Å². The van der Waals surface area contributed by atoms with Crippen molar-refractivity contribution >= 4 is 40.4 Å². The van der Waals surface area contributed by atoms with Gasteiger partial charge in [0.2, 0.25) is 0 Å². The van der Waals surface area contributed by atoms with Crippen LogP contribution < -0.4 is 5.32 Å². The molecule has 1 aromatic heterocycles. The topological polar surface area (TPSA) is 105 Å². The molecule has 10 heteroatoms. The highest BCUT2D eigenvalue weighted by atomic mass is 35.5. The first-order valence-electron chi connectivity index (χ1n) is 8.83. The second-order valence-electron chi connectivity index (χ2n) is 6.03. The molecule has 0 aliphatic heterocycles. The smallest absolute Gasteiger partial charge is 0.270 e. The third-order valence-electron chi connectivity index (χ3n) is 3.82. The van der Waals surface area contributed by atoms with E-state index in [1.54, 1.807) is 10.3 Å². The van der Waals surface area contributed by atoms with Crippen LogP contribution in [0.2, 0.25) is 5.02 Å². The van der Waals surface area contributed by atoms with E-state index in [4.69, 9.17) is 11.6 Å². The van der Waals surface area contributed by atoms with Gasteiger partial charge in [0.15, 0.2) is 0 Å². The molecule has 1 N–H and O–H groups in total. The average molecular weight is 425 g/mol. The zero-order chi connectivity index (χ0) is 20.7. The van der Waals surface area contributed by atoms with Crippen molar-refractivity contribution in [3.05, 3.63) is 55.0 Å². The number of nitrogens with one attached hydrogen (secondary N) is 1. The number of nitrogens with zero attached hydrogens (tertiary/aromatic N) is 3. The minimum absolute atomic E-state index is 0.0269. The summed E-state index contributed by atoms with van der Waals surface area (Å²) in [4.78, 5) is 41.1. The molecule has 2 amide bonds. The molecule has 0 saturated heterocycles. The maximum absolute atomic E-state index is 12.9. The van der Waals surface area contributed by atoms with Crippen LogP contribution in [0.25, 0.3) is 0 Å². The van der Waals surface area contributed by atoms with Crippen molar-refractivity contribution in [3.63, 3.8) is 0 Å². The number of nitro benzene ring substituents is 1. The van der Waals surface area contributed by atoms with E-state index in [0.717, 1.165) is 6.42 Å². The first-order chi connectivity index (χ1) is 13.4. The normalized spacial score (nSPS) is 10.5. The van der Waals surface area contributed by atoms with Crippen LogP contribution in [0.3, 0.4) is 0 Å². The van der Waals surface area contributed by atoms with Crippen LogP contribution in [0.15, 0.2) is 23.6 Å². The molecule has 1 aromatic carbocycles. The van der Waals surface area contributed by atoms with Crippen LogP contribution in [-0.2, 0) is 6.54 Å². The zero-order valence-electron chi connectivity index (χ0n) is 15.6. The van der Waals surface area contributed by atoms with E-state index in [1.807, 2.05) is 13.8 Å². The van der Waals surface area contributed by atoms with Crippen molar-refractivity contribution in [3.8, 4) is 0 Å². The van der Waals surface area contributed by atoms with E-state index in [2.05, 4.69) is 10.3 Å². The van der Waals surface area contributed by atoms with Crippen LogP contribution in [0.1, 0.15) is 52.5 Å². The summed E-state index contributed by atoms with van der Waals surface area (Å²) in [6.07, 6.45) is 1.54. The van der Waals surface area contributed by atoms with Crippen LogP contribution in [0, 0.1) is 10.1 Å². The maximum Gasteiger partial charge on any atom is 0.270 e. The van der Waals surface area contributed by atoms with E-state index in [0.29, 0.717) is 30.2 Å².